The minimum atomic E-state index is -0.325. The van der Waals surface area contributed by atoms with Gasteiger partial charge in [0, 0.05) is 12.2 Å². The van der Waals surface area contributed by atoms with Crippen LogP contribution in [0.5, 0.6) is 5.75 Å². The predicted octanol–water partition coefficient (Wildman–Crippen LogP) is 0.879. The summed E-state index contributed by atoms with van der Waals surface area (Å²) >= 11 is 0. The van der Waals surface area contributed by atoms with Crippen molar-refractivity contribution in [3.63, 3.8) is 0 Å². The minimum Gasteiger partial charge on any atom is -0.507 e. The van der Waals surface area contributed by atoms with E-state index >= 15 is 0 Å². The van der Waals surface area contributed by atoms with Crippen molar-refractivity contribution in [2.75, 3.05) is 13.2 Å². The molecule has 0 saturated carbocycles. The lowest BCUT2D eigenvalue weighted by Crippen LogP contribution is -2.22. The lowest BCUT2D eigenvalue weighted by Gasteiger charge is -1.99. The van der Waals surface area contributed by atoms with Gasteiger partial charge in [-0.15, -0.1) is 0 Å². The molecule has 0 radical (unpaired) electrons. The van der Waals surface area contributed by atoms with Crippen LogP contribution in [0.4, 0.5) is 0 Å². The molecule has 5 nitrogen and oxygen atoms in total. The lowest BCUT2D eigenvalue weighted by molar-refractivity contribution is -0.125. The van der Waals surface area contributed by atoms with Gasteiger partial charge in [0.1, 0.15) is 12.4 Å². The van der Waals surface area contributed by atoms with Gasteiger partial charge in [-0.3, -0.25) is 4.79 Å². The molecule has 0 fully saturated rings. The molecule has 1 amide bonds. The van der Waals surface area contributed by atoms with Crippen LogP contribution in [0.2, 0.25) is 0 Å². The first-order valence-electron chi connectivity index (χ1n) is 4.91. The van der Waals surface area contributed by atoms with Gasteiger partial charge < -0.3 is 9.84 Å². The number of hydrazone groups is 1. The van der Waals surface area contributed by atoms with E-state index < -0.39 is 0 Å². The van der Waals surface area contributed by atoms with E-state index in [1.807, 2.05) is 0 Å². The van der Waals surface area contributed by atoms with Crippen LogP contribution in [0, 0.1) is 0 Å². The number of para-hydroxylation sites is 1. The summed E-state index contributed by atoms with van der Waals surface area (Å²) in [5.74, 6) is -0.209. The monoisotopic (exact) mass is 222 g/mol. The third-order valence-corrected chi connectivity index (χ3v) is 1.77. The van der Waals surface area contributed by atoms with Crippen LogP contribution < -0.4 is 5.43 Å². The maximum absolute atomic E-state index is 11.1. The van der Waals surface area contributed by atoms with Gasteiger partial charge in [-0.25, -0.2) is 5.43 Å². The lowest BCUT2D eigenvalue weighted by atomic mass is 10.2. The van der Waals surface area contributed by atoms with E-state index in [1.54, 1.807) is 31.2 Å². The van der Waals surface area contributed by atoms with Gasteiger partial charge in [-0.1, -0.05) is 12.1 Å². The molecule has 2 N–H and O–H groups in total. The van der Waals surface area contributed by atoms with Gasteiger partial charge in [0.25, 0.3) is 5.91 Å². The third kappa shape index (κ3) is 4.10. The molecule has 0 aliphatic carbocycles. The van der Waals surface area contributed by atoms with E-state index in [2.05, 4.69) is 10.5 Å². The number of carbonyl (C=O) groups excluding carboxylic acids is 1. The van der Waals surface area contributed by atoms with E-state index in [0.717, 1.165) is 0 Å². The summed E-state index contributed by atoms with van der Waals surface area (Å²) in [5, 5.41) is 13.1. The Kier molecular flexibility index (Phi) is 5.01. The highest BCUT2D eigenvalue weighted by Crippen LogP contribution is 2.12. The summed E-state index contributed by atoms with van der Waals surface area (Å²) in [4.78, 5) is 11.1. The zero-order valence-corrected chi connectivity index (χ0v) is 9.01. The predicted molar refractivity (Wildman–Crippen MR) is 60.3 cm³/mol. The molecule has 0 unspecified atom stereocenters. The maximum atomic E-state index is 11.1. The Morgan fingerprint density at radius 3 is 3.00 bits per heavy atom. The number of carbonyl (C=O) groups is 1. The number of aromatic hydroxyl groups is 1. The van der Waals surface area contributed by atoms with Crippen LogP contribution in [0.25, 0.3) is 0 Å². The number of hydrogen-bond acceptors (Lipinski definition) is 4. The highest BCUT2D eigenvalue weighted by Gasteiger charge is 1.98. The second-order valence-electron chi connectivity index (χ2n) is 2.99. The number of nitrogens with one attached hydrogen (secondary N) is 1. The van der Waals surface area contributed by atoms with Gasteiger partial charge in [-0.2, -0.15) is 5.10 Å². The molecule has 0 aliphatic heterocycles. The van der Waals surface area contributed by atoms with Crippen molar-refractivity contribution in [1.82, 2.24) is 5.43 Å². The van der Waals surface area contributed by atoms with Crippen molar-refractivity contribution in [2.45, 2.75) is 6.92 Å². The first-order chi connectivity index (χ1) is 7.74. The quantitative estimate of drug-likeness (QED) is 0.574. The Morgan fingerprint density at radius 2 is 2.31 bits per heavy atom. The molecule has 0 bridgehead atoms. The van der Waals surface area contributed by atoms with E-state index in [9.17, 15) is 9.90 Å². The number of nitrogens with zero attached hydrogens (tertiary/aromatic N) is 1. The van der Waals surface area contributed by atoms with E-state index in [1.165, 1.54) is 6.21 Å². The van der Waals surface area contributed by atoms with Crippen molar-refractivity contribution >= 4 is 12.1 Å². The third-order valence-electron chi connectivity index (χ3n) is 1.77. The SMILES string of the molecule is CCOCC(=O)N/N=C/c1ccccc1O. The van der Waals surface area contributed by atoms with E-state index in [-0.39, 0.29) is 18.3 Å². The molecule has 0 atom stereocenters. The first kappa shape index (κ1) is 12.2. The van der Waals surface area contributed by atoms with Crippen molar-refractivity contribution < 1.29 is 14.6 Å². The number of phenolic OH excluding ortho intramolecular Hbond substituents is 1. The molecule has 1 rings (SSSR count). The topological polar surface area (TPSA) is 70.9 Å². The largest absolute Gasteiger partial charge is 0.507 e. The Balaban J connectivity index is 2.43. The number of ether oxygens (including phenoxy) is 1. The Hall–Kier alpha value is -1.88. The second-order valence-corrected chi connectivity index (χ2v) is 2.99. The maximum Gasteiger partial charge on any atom is 0.266 e. The minimum absolute atomic E-state index is 0.0192. The average Bonchev–Trinajstić information content (AvgIpc) is 2.29. The normalized spacial score (nSPS) is 10.6. The van der Waals surface area contributed by atoms with Gasteiger partial charge in [-0.05, 0) is 19.1 Å². The van der Waals surface area contributed by atoms with Gasteiger partial charge >= 0.3 is 0 Å². The highest BCUT2D eigenvalue weighted by molar-refractivity contribution is 5.85. The summed E-state index contributed by atoms with van der Waals surface area (Å²) < 4.78 is 4.89. The molecule has 1 aromatic carbocycles. The summed E-state index contributed by atoms with van der Waals surface area (Å²) in [6.45, 7) is 2.27. The number of benzene rings is 1. The fourth-order valence-corrected chi connectivity index (χ4v) is 0.998. The number of hydrogen-bond donors (Lipinski definition) is 2. The van der Waals surface area contributed by atoms with Crippen molar-refractivity contribution in [2.24, 2.45) is 5.10 Å². The molecule has 1 aromatic rings. The smallest absolute Gasteiger partial charge is 0.266 e. The molecular formula is C11H14N2O3. The average molecular weight is 222 g/mol. The van der Waals surface area contributed by atoms with Crippen molar-refractivity contribution in [1.29, 1.82) is 0 Å². The second kappa shape index (κ2) is 6.58. The molecule has 86 valence electrons. The van der Waals surface area contributed by atoms with Crippen LogP contribution in [-0.4, -0.2) is 30.4 Å². The summed E-state index contributed by atoms with van der Waals surface area (Å²) in [5.41, 5.74) is 2.83. The first-order valence-corrected chi connectivity index (χ1v) is 4.91. The molecule has 0 aromatic heterocycles. The number of amides is 1. The standard InChI is InChI=1S/C11H14N2O3/c1-2-16-8-11(15)13-12-7-9-5-3-4-6-10(9)14/h3-7,14H,2,8H2,1H3,(H,13,15)/b12-7+. The van der Waals surface area contributed by atoms with Crippen LogP contribution in [0.1, 0.15) is 12.5 Å². The fourth-order valence-electron chi connectivity index (χ4n) is 0.998. The van der Waals surface area contributed by atoms with E-state index in [0.29, 0.717) is 12.2 Å². The molecule has 0 heterocycles. The molecule has 16 heavy (non-hydrogen) atoms. The Morgan fingerprint density at radius 1 is 1.56 bits per heavy atom. The number of rotatable bonds is 5. The molecule has 0 saturated heterocycles. The molecule has 0 aliphatic rings. The van der Waals surface area contributed by atoms with Crippen LogP contribution in [0.3, 0.4) is 0 Å². The van der Waals surface area contributed by atoms with Gasteiger partial charge in [0.05, 0.1) is 6.21 Å². The molecular weight excluding hydrogens is 208 g/mol. The van der Waals surface area contributed by atoms with Gasteiger partial charge in [0.2, 0.25) is 0 Å². The van der Waals surface area contributed by atoms with Crippen molar-refractivity contribution in [3.8, 4) is 5.75 Å². The number of phenols is 1. The van der Waals surface area contributed by atoms with Crippen molar-refractivity contribution in [3.05, 3.63) is 29.8 Å². The Bertz CT molecular complexity index is 377. The highest BCUT2D eigenvalue weighted by atomic mass is 16.5. The molecule has 0 spiro atoms. The van der Waals surface area contributed by atoms with Crippen LogP contribution in [0.15, 0.2) is 29.4 Å². The Labute approximate surface area is 93.7 Å². The van der Waals surface area contributed by atoms with Gasteiger partial charge in [0.15, 0.2) is 0 Å². The zero-order valence-electron chi connectivity index (χ0n) is 9.01. The van der Waals surface area contributed by atoms with Crippen LogP contribution in [-0.2, 0) is 9.53 Å². The summed E-state index contributed by atoms with van der Waals surface area (Å²) in [7, 11) is 0. The molecule has 5 heteroatoms. The van der Waals surface area contributed by atoms with Crippen LogP contribution >= 0.6 is 0 Å². The van der Waals surface area contributed by atoms with E-state index in [4.69, 9.17) is 4.74 Å². The fraction of sp³-hybridized carbons (Fsp3) is 0.273. The zero-order chi connectivity index (χ0) is 11.8. The summed E-state index contributed by atoms with van der Waals surface area (Å²) in [6, 6.07) is 6.71. The summed E-state index contributed by atoms with van der Waals surface area (Å²) in [6.07, 6.45) is 1.37.